The molecule has 1 atom stereocenters. The number of fused-ring (bicyclic) bond motifs is 1. The van der Waals surface area contributed by atoms with Gasteiger partial charge in [-0.25, -0.2) is 15.0 Å². The lowest BCUT2D eigenvalue weighted by molar-refractivity contribution is -0.146. The van der Waals surface area contributed by atoms with E-state index >= 15 is 0 Å². The fourth-order valence-electron chi connectivity index (χ4n) is 3.31. The average molecular weight is 517 g/mol. The molecule has 186 valence electrons. The van der Waals surface area contributed by atoms with E-state index in [1.54, 1.807) is 19.1 Å². The van der Waals surface area contributed by atoms with Crippen molar-refractivity contribution in [3.63, 3.8) is 0 Å². The minimum atomic E-state index is -4.43. The fourth-order valence-corrected chi connectivity index (χ4v) is 4.21. The Morgan fingerprint density at radius 2 is 1.86 bits per heavy atom. The molecule has 4 aromatic rings. The third-order valence-corrected chi connectivity index (χ3v) is 5.77. The van der Waals surface area contributed by atoms with Crippen LogP contribution in [0.2, 0.25) is 0 Å². The number of halogens is 3. The molecule has 0 aliphatic carbocycles. The summed E-state index contributed by atoms with van der Waals surface area (Å²) < 4.78 is 50.1. The molecule has 0 radical (unpaired) electrons. The lowest BCUT2D eigenvalue weighted by Gasteiger charge is -2.10. The van der Waals surface area contributed by atoms with Crippen LogP contribution in [-0.2, 0) is 20.5 Å². The monoisotopic (exact) mass is 516 g/mol. The van der Waals surface area contributed by atoms with Crippen LogP contribution >= 0.6 is 11.3 Å². The molecule has 8 nitrogen and oxygen atoms in total. The largest absolute Gasteiger partial charge is 0.462 e. The maximum absolute atomic E-state index is 12.8. The van der Waals surface area contributed by atoms with E-state index in [9.17, 15) is 22.8 Å². The number of thiazole rings is 1. The summed E-state index contributed by atoms with van der Waals surface area (Å²) in [6, 6.07) is 11.4. The van der Waals surface area contributed by atoms with Gasteiger partial charge in [-0.3, -0.25) is 9.59 Å². The van der Waals surface area contributed by atoms with Gasteiger partial charge >= 0.3 is 12.1 Å². The van der Waals surface area contributed by atoms with Crippen molar-refractivity contribution < 1.29 is 32.2 Å². The molecule has 0 fully saturated rings. The molecule has 0 spiro atoms. The molecule has 4 rings (SSSR count). The Morgan fingerprint density at radius 1 is 1.11 bits per heavy atom. The first kappa shape index (κ1) is 25.0. The topological polar surface area (TPSA) is 103 Å². The molecular formula is C24H19F3N4O4S. The van der Waals surface area contributed by atoms with Gasteiger partial charge in [-0.1, -0.05) is 29.5 Å². The van der Waals surface area contributed by atoms with Crippen molar-refractivity contribution in [2.45, 2.75) is 32.5 Å². The second-order valence-electron chi connectivity index (χ2n) is 7.71. The van der Waals surface area contributed by atoms with E-state index in [2.05, 4.69) is 20.3 Å². The highest BCUT2D eigenvalue weighted by Crippen LogP contribution is 2.35. The van der Waals surface area contributed by atoms with Crippen LogP contribution in [0.25, 0.3) is 21.5 Å². The van der Waals surface area contributed by atoms with Gasteiger partial charge in [-0.05, 0) is 31.2 Å². The highest BCUT2D eigenvalue weighted by atomic mass is 32.1. The number of hydrogen-bond acceptors (Lipinski definition) is 8. The normalized spacial score (nSPS) is 12.2. The predicted molar refractivity (Wildman–Crippen MR) is 127 cm³/mol. The molecule has 0 bridgehead atoms. The van der Waals surface area contributed by atoms with Crippen molar-refractivity contribution >= 4 is 38.6 Å². The van der Waals surface area contributed by atoms with E-state index in [1.807, 2.05) is 6.07 Å². The van der Waals surface area contributed by atoms with Crippen LogP contribution in [0, 0.1) is 0 Å². The molecule has 1 amide bonds. The zero-order valence-corrected chi connectivity index (χ0v) is 19.8. The number of esters is 1. The van der Waals surface area contributed by atoms with E-state index in [0.29, 0.717) is 27.7 Å². The van der Waals surface area contributed by atoms with Crippen molar-refractivity contribution in [2.75, 3.05) is 5.32 Å². The summed E-state index contributed by atoms with van der Waals surface area (Å²) in [5.41, 5.74) is 0.584. The molecule has 2 aromatic carbocycles. The molecule has 36 heavy (non-hydrogen) atoms. The minimum absolute atomic E-state index is 0.0213. The van der Waals surface area contributed by atoms with Crippen LogP contribution in [0.4, 0.5) is 18.3 Å². The minimum Gasteiger partial charge on any atom is -0.462 e. The summed E-state index contributed by atoms with van der Waals surface area (Å²) in [5, 5.41) is 3.03. The van der Waals surface area contributed by atoms with Crippen molar-refractivity contribution in [2.24, 2.45) is 0 Å². The number of nitrogens with one attached hydrogen (secondary N) is 1. The Hall–Kier alpha value is -4.06. The second-order valence-corrected chi connectivity index (χ2v) is 8.74. The number of aromatic nitrogens is 3. The summed E-state index contributed by atoms with van der Waals surface area (Å²) in [6.45, 7) is 2.89. The zero-order valence-electron chi connectivity index (χ0n) is 19.0. The van der Waals surface area contributed by atoms with E-state index in [0.717, 1.165) is 16.8 Å². The third-order valence-electron chi connectivity index (χ3n) is 4.83. The summed E-state index contributed by atoms with van der Waals surface area (Å²) in [5.74, 6) is -0.290. The van der Waals surface area contributed by atoms with E-state index < -0.39 is 23.8 Å². The van der Waals surface area contributed by atoms with Crippen molar-refractivity contribution in [3.8, 4) is 22.9 Å². The number of alkyl halides is 3. The molecule has 0 saturated heterocycles. The molecule has 0 aliphatic heterocycles. The first-order valence-corrected chi connectivity index (χ1v) is 11.4. The van der Waals surface area contributed by atoms with Gasteiger partial charge in [-0.2, -0.15) is 13.2 Å². The number of para-hydroxylation sites is 1. The van der Waals surface area contributed by atoms with Crippen molar-refractivity contribution in [3.05, 3.63) is 60.4 Å². The SMILES string of the molecule is CC(=O)OC(C)CC(=O)Nc1nc2c(Oc3cc(-c4ccc(C(F)(F)F)cc4)ncn3)cccc2s1. The average Bonchev–Trinajstić information content (AvgIpc) is 3.21. The van der Waals surface area contributed by atoms with E-state index in [-0.39, 0.29) is 18.2 Å². The van der Waals surface area contributed by atoms with Crippen molar-refractivity contribution in [1.29, 1.82) is 0 Å². The van der Waals surface area contributed by atoms with E-state index in [1.165, 1.54) is 42.8 Å². The Bertz CT molecular complexity index is 1410. The predicted octanol–water partition coefficient (Wildman–Crippen LogP) is 5.84. The zero-order chi connectivity index (χ0) is 25.9. The molecule has 0 saturated carbocycles. The van der Waals surface area contributed by atoms with Gasteiger partial charge in [0.25, 0.3) is 0 Å². The number of amides is 1. The first-order chi connectivity index (χ1) is 17.1. The van der Waals surface area contributed by atoms with Crippen LogP contribution in [0.15, 0.2) is 54.9 Å². The van der Waals surface area contributed by atoms with Gasteiger partial charge in [0.15, 0.2) is 10.9 Å². The quantitative estimate of drug-likeness (QED) is 0.308. The molecule has 2 heterocycles. The van der Waals surface area contributed by atoms with Crippen LogP contribution in [-0.4, -0.2) is 32.9 Å². The van der Waals surface area contributed by atoms with Crippen LogP contribution in [0.1, 0.15) is 25.8 Å². The third kappa shape index (κ3) is 6.13. The number of rotatable bonds is 7. The van der Waals surface area contributed by atoms with Gasteiger partial charge < -0.3 is 14.8 Å². The Kier molecular flexibility index (Phi) is 7.15. The molecular weight excluding hydrogens is 497 g/mol. The number of carbonyl (C=O) groups excluding carboxylic acids is 2. The Morgan fingerprint density at radius 3 is 2.56 bits per heavy atom. The van der Waals surface area contributed by atoms with Crippen LogP contribution < -0.4 is 10.1 Å². The number of carbonyl (C=O) groups is 2. The molecule has 1 unspecified atom stereocenters. The fraction of sp³-hybridized carbons (Fsp3) is 0.208. The number of nitrogens with zero attached hydrogens (tertiary/aromatic N) is 3. The maximum Gasteiger partial charge on any atom is 0.416 e. The molecule has 1 N–H and O–H groups in total. The first-order valence-electron chi connectivity index (χ1n) is 10.6. The summed E-state index contributed by atoms with van der Waals surface area (Å²) in [4.78, 5) is 35.9. The highest BCUT2D eigenvalue weighted by molar-refractivity contribution is 7.22. The van der Waals surface area contributed by atoms with Gasteiger partial charge in [-0.15, -0.1) is 0 Å². The highest BCUT2D eigenvalue weighted by Gasteiger charge is 2.30. The van der Waals surface area contributed by atoms with Gasteiger partial charge in [0.1, 0.15) is 17.9 Å². The summed E-state index contributed by atoms with van der Waals surface area (Å²) >= 11 is 1.24. The molecule has 12 heteroatoms. The number of hydrogen-bond donors (Lipinski definition) is 1. The maximum atomic E-state index is 12.8. The number of ether oxygens (including phenoxy) is 2. The lowest BCUT2D eigenvalue weighted by Crippen LogP contribution is -2.21. The number of benzene rings is 2. The number of anilines is 1. The van der Waals surface area contributed by atoms with Gasteiger partial charge in [0, 0.05) is 18.6 Å². The van der Waals surface area contributed by atoms with Crippen LogP contribution in [0.3, 0.4) is 0 Å². The Balaban J connectivity index is 1.51. The molecule has 0 aliphatic rings. The van der Waals surface area contributed by atoms with Gasteiger partial charge in [0.05, 0.1) is 22.4 Å². The van der Waals surface area contributed by atoms with Crippen LogP contribution in [0.5, 0.6) is 11.6 Å². The summed E-state index contributed by atoms with van der Waals surface area (Å²) in [7, 11) is 0. The standard InChI is InChI=1S/C24H19F3N4O4S/c1-13(34-14(2)32)10-20(33)30-23-31-22-18(4-3-5-19(22)36-23)35-21-11-17(28-12-29-21)15-6-8-16(9-7-15)24(25,26)27/h3-9,11-13H,10H2,1-2H3,(H,30,31,33). The molecule has 2 aromatic heterocycles. The smallest absolute Gasteiger partial charge is 0.416 e. The lowest BCUT2D eigenvalue weighted by atomic mass is 10.1. The van der Waals surface area contributed by atoms with Crippen molar-refractivity contribution in [1.82, 2.24) is 15.0 Å². The van der Waals surface area contributed by atoms with Gasteiger partial charge in [0.2, 0.25) is 11.8 Å². The Labute approximate surface area is 207 Å². The van der Waals surface area contributed by atoms with E-state index in [4.69, 9.17) is 9.47 Å². The summed E-state index contributed by atoms with van der Waals surface area (Å²) in [6.07, 6.45) is -3.78. The second kappa shape index (κ2) is 10.3.